The average Bonchev–Trinajstić information content (AvgIpc) is 3.12. The Labute approximate surface area is 208 Å². The number of aromatic nitrogens is 3. The normalized spacial score (nSPS) is 12.5. The van der Waals surface area contributed by atoms with Gasteiger partial charge in [-0.1, -0.05) is 29.8 Å². The summed E-state index contributed by atoms with van der Waals surface area (Å²) in [4.78, 5) is 17.8. The van der Waals surface area contributed by atoms with Crippen LogP contribution in [0.4, 0.5) is 0 Å². The van der Waals surface area contributed by atoms with Crippen LogP contribution < -0.4 is 10.3 Å². The van der Waals surface area contributed by atoms with Crippen molar-refractivity contribution in [2.75, 3.05) is 0 Å². The zero-order chi connectivity index (χ0) is 24.4. The Morgan fingerprint density at radius 2 is 1.85 bits per heavy atom. The molecule has 0 fully saturated rings. The Morgan fingerprint density at radius 3 is 2.53 bits per heavy atom. The number of ether oxygens (including phenoxy) is 1. The minimum Gasteiger partial charge on any atom is -0.491 e. The van der Waals surface area contributed by atoms with Gasteiger partial charge in [0.2, 0.25) is 0 Å². The molecule has 0 radical (unpaired) electrons. The van der Waals surface area contributed by atoms with Gasteiger partial charge in [0, 0.05) is 33.5 Å². The van der Waals surface area contributed by atoms with Crippen LogP contribution in [0.15, 0.2) is 62.9 Å². The Balaban J connectivity index is 1.70. The standard InChI is InChI=1S/C27H29BrN4O2/c1-6-18(4)34-23-11-9-22(10-12-23)31-17(3)14-20(19(31)5)16-29-32-26(7-2)30-25-13-8-21(28)15-24(25)27(32)33/h8-16,18H,6-7H2,1-5H3/t18-/m1/s1. The maximum Gasteiger partial charge on any atom is 0.282 e. The lowest BCUT2D eigenvalue weighted by molar-refractivity contribution is 0.217. The van der Waals surface area contributed by atoms with E-state index < -0.39 is 0 Å². The highest BCUT2D eigenvalue weighted by molar-refractivity contribution is 9.10. The molecule has 2 aromatic heterocycles. The van der Waals surface area contributed by atoms with Gasteiger partial charge in [0.25, 0.3) is 5.56 Å². The van der Waals surface area contributed by atoms with Gasteiger partial charge in [0.1, 0.15) is 11.6 Å². The SMILES string of the molecule is CCc1nc2ccc(Br)cc2c(=O)n1N=Cc1cc(C)n(-c2ccc(O[C@H](C)CC)cc2)c1C. The second kappa shape index (κ2) is 9.97. The Bertz CT molecular complexity index is 1420. The molecular weight excluding hydrogens is 492 g/mol. The van der Waals surface area contributed by atoms with E-state index in [1.54, 1.807) is 12.3 Å². The van der Waals surface area contributed by atoms with E-state index in [-0.39, 0.29) is 11.7 Å². The predicted octanol–water partition coefficient (Wildman–Crippen LogP) is 6.19. The molecule has 34 heavy (non-hydrogen) atoms. The molecule has 0 aliphatic rings. The van der Waals surface area contributed by atoms with Gasteiger partial charge in [-0.05, 0) is 75.7 Å². The zero-order valence-electron chi connectivity index (χ0n) is 20.2. The van der Waals surface area contributed by atoms with Gasteiger partial charge in [-0.3, -0.25) is 4.79 Å². The molecule has 7 heteroatoms. The summed E-state index contributed by atoms with van der Waals surface area (Å²) in [6.45, 7) is 10.3. The number of hydrogen-bond acceptors (Lipinski definition) is 4. The summed E-state index contributed by atoms with van der Waals surface area (Å²) in [5, 5.41) is 5.10. The van der Waals surface area contributed by atoms with Crippen molar-refractivity contribution in [2.24, 2.45) is 5.10 Å². The summed E-state index contributed by atoms with van der Waals surface area (Å²) < 4.78 is 10.3. The van der Waals surface area contributed by atoms with Crippen molar-refractivity contribution in [1.82, 2.24) is 14.2 Å². The van der Waals surface area contributed by atoms with Crippen LogP contribution in [0.1, 0.15) is 50.0 Å². The van der Waals surface area contributed by atoms with E-state index in [1.165, 1.54) is 4.68 Å². The molecule has 2 heterocycles. The molecule has 0 amide bonds. The third-order valence-corrected chi connectivity index (χ3v) is 6.47. The molecule has 4 rings (SSSR count). The molecule has 0 saturated carbocycles. The predicted molar refractivity (Wildman–Crippen MR) is 142 cm³/mol. The first-order valence-electron chi connectivity index (χ1n) is 11.5. The lowest BCUT2D eigenvalue weighted by atomic mass is 10.2. The van der Waals surface area contributed by atoms with Crippen LogP contribution >= 0.6 is 15.9 Å². The van der Waals surface area contributed by atoms with Crippen molar-refractivity contribution < 1.29 is 4.74 Å². The summed E-state index contributed by atoms with van der Waals surface area (Å²) in [6, 6.07) is 15.7. The van der Waals surface area contributed by atoms with Gasteiger partial charge < -0.3 is 9.30 Å². The molecule has 1 atom stereocenters. The summed E-state index contributed by atoms with van der Waals surface area (Å²) in [5.41, 5.74) is 4.62. The Kier molecular flexibility index (Phi) is 7.03. The molecule has 176 valence electrons. The topological polar surface area (TPSA) is 61.4 Å². The van der Waals surface area contributed by atoms with E-state index in [1.807, 2.05) is 31.2 Å². The van der Waals surface area contributed by atoms with Gasteiger partial charge >= 0.3 is 0 Å². The number of rotatable bonds is 7. The van der Waals surface area contributed by atoms with E-state index in [0.29, 0.717) is 23.1 Å². The Morgan fingerprint density at radius 1 is 1.12 bits per heavy atom. The molecule has 0 spiro atoms. The maximum absolute atomic E-state index is 13.2. The minimum absolute atomic E-state index is 0.176. The molecule has 0 aliphatic heterocycles. The van der Waals surface area contributed by atoms with E-state index >= 15 is 0 Å². The fourth-order valence-electron chi connectivity index (χ4n) is 3.97. The highest BCUT2D eigenvalue weighted by atomic mass is 79.9. The lowest BCUT2D eigenvalue weighted by Crippen LogP contribution is -2.22. The molecule has 0 aliphatic carbocycles. The number of benzene rings is 2. The molecule has 2 aromatic carbocycles. The minimum atomic E-state index is -0.176. The fraction of sp³-hybridized carbons (Fsp3) is 0.296. The molecule has 0 saturated heterocycles. The number of fused-ring (bicyclic) bond motifs is 1. The van der Waals surface area contributed by atoms with E-state index in [4.69, 9.17) is 4.74 Å². The van der Waals surface area contributed by atoms with Crippen LogP contribution in [0.25, 0.3) is 16.6 Å². The number of halogens is 1. The molecule has 0 unspecified atom stereocenters. The smallest absolute Gasteiger partial charge is 0.282 e. The quantitative estimate of drug-likeness (QED) is 0.273. The number of nitrogens with zero attached hydrogens (tertiary/aromatic N) is 4. The molecular formula is C27H29BrN4O2. The van der Waals surface area contributed by atoms with Gasteiger partial charge in [0.15, 0.2) is 0 Å². The monoisotopic (exact) mass is 520 g/mol. The second-order valence-electron chi connectivity index (χ2n) is 8.40. The van der Waals surface area contributed by atoms with Crippen molar-refractivity contribution >= 4 is 33.0 Å². The first-order valence-corrected chi connectivity index (χ1v) is 12.3. The van der Waals surface area contributed by atoms with Crippen molar-refractivity contribution in [3.8, 4) is 11.4 Å². The van der Waals surface area contributed by atoms with Crippen LogP contribution in [0.2, 0.25) is 0 Å². The van der Waals surface area contributed by atoms with Gasteiger partial charge in [0.05, 0.1) is 23.2 Å². The van der Waals surface area contributed by atoms with Crippen LogP contribution in [0.3, 0.4) is 0 Å². The third kappa shape index (κ3) is 4.71. The van der Waals surface area contributed by atoms with Crippen LogP contribution in [0.5, 0.6) is 5.75 Å². The zero-order valence-corrected chi connectivity index (χ0v) is 21.8. The van der Waals surface area contributed by atoms with Gasteiger partial charge in [-0.25, -0.2) is 4.98 Å². The average molecular weight is 521 g/mol. The highest BCUT2D eigenvalue weighted by Crippen LogP contribution is 2.23. The first kappa shape index (κ1) is 24.0. The van der Waals surface area contributed by atoms with E-state index in [9.17, 15) is 4.79 Å². The lowest BCUT2D eigenvalue weighted by Gasteiger charge is -2.14. The van der Waals surface area contributed by atoms with Gasteiger partial charge in [-0.15, -0.1) is 0 Å². The first-order chi connectivity index (χ1) is 16.3. The maximum atomic E-state index is 13.2. The molecule has 4 aromatic rings. The Hall–Kier alpha value is -3.19. The van der Waals surface area contributed by atoms with Crippen molar-refractivity contribution in [1.29, 1.82) is 0 Å². The summed E-state index contributed by atoms with van der Waals surface area (Å²) in [7, 11) is 0. The fourth-order valence-corrected chi connectivity index (χ4v) is 4.33. The van der Waals surface area contributed by atoms with Crippen molar-refractivity contribution in [3.05, 3.63) is 86.1 Å². The van der Waals surface area contributed by atoms with Crippen LogP contribution in [-0.4, -0.2) is 26.5 Å². The van der Waals surface area contributed by atoms with E-state index in [0.717, 1.165) is 39.3 Å². The number of hydrogen-bond donors (Lipinski definition) is 0. The van der Waals surface area contributed by atoms with Crippen molar-refractivity contribution in [2.45, 2.75) is 53.6 Å². The van der Waals surface area contributed by atoms with Crippen LogP contribution in [0, 0.1) is 13.8 Å². The molecule has 0 N–H and O–H groups in total. The highest BCUT2D eigenvalue weighted by Gasteiger charge is 2.12. The summed E-state index contributed by atoms with van der Waals surface area (Å²) in [6.07, 6.45) is 3.49. The summed E-state index contributed by atoms with van der Waals surface area (Å²) >= 11 is 3.44. The third-order valence-electron chi connectivity index (χ3n) is 5.98. The second-order valence-corrected chi connectivity index (χ2v) is 9.31. The largest absolute Gasteiger partial charge is 0.491 e. The molecule has 6 nitrogen and oxygen atoms in total. The van der Waals surface area contributed by atoms with Gasteiger partial charge in [-0.2, -0.15) is 9.78 Å². The number of aryl methyl sites for hydroxylation is 2. The van der Waals surface area contributed by atoms with Crippen LogP contribution in [-0.2, 0) is 6.42 Å². The van der Waals surface area contributed by atoms with Crippen molar-refractivity contribution in [3.63, 3.8) is 0 Å². The summed E-state index contributed by atoms with van der Waals surface area (Å²) in [5.74, 6) is 1.49. The molecule has 0 bridgehead atoms. The van der Waals surface area contributed by atoms with E-state index in [2.05, 4.69) is 76.5 Å².